The lowest BCUT2D eigenvalue weighted by Crippen LogP contribution is -2.03. The Bertz CT molecular complexity index is 639. The van der Waals surface area contributed by atoms with Crippen molar-refractivity contribution >= 4 is 16.9 Å². The minimum atomic E-state index is -0.683. The quantitative estimate of drug-likeness (QED) is 0.881. The van der Waals surface area contributed by atoms with Gasteiger partial charge in [-0.2, -0.15) is 0 Å². The first kappa shape index (κ1) is 11.3. The predicted octanol–water partition coefficient (Wildman–Crippen LogP) is 3.00. The van der Waals surface area contributed by atoms with Crippen LogP contribution in [0.5, 0.6) is 0 Å². The molecule has 3 rings (SSSR count). The Kier molecular flexibility index (Phi) is 2.12. The predicted molar refractivity (Wildman–Crippen MR) is 70.6 cm³/mol. The van der Waals surface area contributed by atoms with Crippen LogP contribution in [0.25, 0.3) is 10.9 Å². The molecule has 1 aliphatic rings. The number of aliphatic carboxylic acids is 1. The van der Waals surface area contributed by atoms with Crippen molar-refractivity contribution in [2.45, 2.75) is 19.8 Å². The lowest BCUT2D eigenvalue weighted by atomic mass is 10.0. The molecule has 1 aliphatic carbocycles. The third-order valence-electron chi connectivity index (χ3n) is 4.36. The molecule has 1 N–H and O–H groups in total. The number of rotatable bonds is 2. The molecule has 3 nitrogen and oxygen atoms in total. The minimum absolute atomic E-state index is 0.134. The lowest BCUT2D eigenvalue weighted by molar-refractivity contribution is -0.139. The summed E-state index contributed by atoms with van der Waals surface area (Å²) in [5.41, 5.74) is 2.17. The van der Waals surface area contributed by atoms with E-state index in [9.17, 15) is 9.90 Å². The van der Waals surface area contributed by atoms with Crippen LogP contribution in [0.2, 0.25) is 0 Å². The third-order valence-corrected chi connectivity index (χ3v) is 4.36. The van der Waals surface area contributed by atoms with Gasteiger partial charge in [-0.1, -0.05) is 26.0 Å². The third kappa shape index (κ3) is 1.40. The number of carboxylic acids is 1. The van der Waals surface area contributed by atoms with E-state index in [4.69, 9.17) is 0 Å². The molecule has 2 atom stereocenters. The Hall–Kier alpha value is -1.77. The van der Waals surface area contributed by atoms with Crippen LogP contribution in [0.15, 0.2) is 30.5 Å². The summed E-state index contributed by atoms with van der Waals surface area (Å²) in [6, 6.07) is 8.35. The van der Waals surface area contributed by atoms with Gasteiger partial charge < -0.3 is 9.67 Å². The van der Waals surface area contributed by atoms with Crippen molar-refractivity contribution in [3.05, 3.63) is 36.0 Å². The van der Waals surface area contributed by atoms with Crippen LogP contribution in [0.4, 0.5) is 0 Å². The number of nitrogens with zero attached hydrogens (tertiary/aromatic N) is 1. The fraction of sp³-hybridized carbons (Fsp3) is 0.400. The van der Waals surface area contributed by atoms with E-state index in [2.05, 4.69) is 28.8 Å². The van der Waals surface area contributed by atoms with Crippen LogP contribution >= 0.6 is 0 Å². The first-order valence-corrected chi connectivity index (χ1v) is 6.20. The van der Waals surface area contributed by atoms with Gasteiger partial charge in [-0.15, -0.1) is 0 Å². The summed E-state index contributed by atoms with van der Waals surface area (Å²) in [6.45, 7) is 4.07. The molecule has 0 saturated heterocycles. The van der Waals surface area contributed by atoms with Crippen molar-refractivity contribution in [1.82, 2.24) is 4.57 Å². The number of fused-ring (bicyclic) bond motifs is 1. The molecule has 1 fully saturated rings. The Labute approximate surface area is 106 Å². The van der Waals surface area contributed by atoms with Gasteiger partial charge in [0.2, 0.25) is 0 Å². The molecule has 0 spiro atoms. The topological polar surface area (TPSA) is 42.2 Å². The van der Waals surface area contributed by atoms with Crippen molar-refractivity contribution in [1.29, 1.82) is 0 Å². The van der Waals surface area contributed by atoms with Gasteiger partial charge in [0, 0.05) is 24.7 Å². The molecule has 1 saturated carbocycles. The average Bonchev–Trinajstić information content (AvgIpc) is 2.70. The number of hydrogen-bond donors (Lipinski definition) is 1. The molecule has 1 aromatic carbocycles. The maximum absolute atomic E-state index is 11.2. The molecule has 0 bridgehead atoms. The molecule has 1 heterocycles. The number of aromatic nitrogens is 1. The van der Waals surface area contributed by atoms with E-state index in [1.165, 1.54) is 10.9 Å². The van der Waals surface area contributed by atoms with Gasteiger partial charge in [0.1, 0.15) is 0 Å². The van der Waals surface area contributed by atoms with Crippen molar-refractivity contribution in [2.75, 3.05) is 0 Å². The number of carbonyl (C=O) groups is 1. The van der Waals surface area contributed by atoms with Crippen LogP contribution in [-0.4, -0.2) is 15.6 Å². The normalized spacial score (nSPS) is 25.3. The van der Waals surface area contributed by atoms with E-state index >= 15 is 0 Å². The van der Waals surface area contributed by atoms with E-state index in [0.717, 1.165) is 5.56 Å². The standard InChI is InChI=1S/C15H17NO2/c1-15(2)12(13(15)14(17)18)10-5-4-9-6-7-16(3)11(9)8-10/h4-8,12-13H,1-3H3,(H,17,18). The number of carboxylic acid groups (broad SMARTS) is 1. The zero-order valence-corrected chi connectivity index (χ0v) is 10.8. The van der Waals surface area contributed by atoms with Gasteiger partial charge in [-0.3, -0.25) is 4.79 Å². The molecular formula is C15H17NO2. The molecule has 18 heavy (non-hydrogen) atoms. The number of aryl methyl sites for hydroxylation is 1. The second-order valence-corrected chi connectivity index (χ2v) is 5.86. The second-order valence-electron chi connectivity index (χ2n) is 5.86. The van der Waals surface area contributed by atoms with E-state index in [0.29, 0.717) is 0 Å². The van der Waals surface area contributed by atoms with Gasteiger partial charge in [0.15, 0.2) is 0 Å². The van der Waals surface area contributed by atoms with Crippen molar-refractivity contribution < 1.29 is 9.90 Å². The monoisotopic (exact) mass is 243 g/mol. The fourth-order valence-corrected chi connectivity index (χ4v) is 3.19. The Balaban J connectivity index is 2.06. The summed E-state index contributed by atoms with van der Waals surface area (Å²) in [6.07, 6.45) is 2.03. The maximum Gasteiger partial charge on any atom is 0.307 e. The smallest absolute Gasteiger partial charge is 0.307 e. The Morgan fingerprint density at radius 2 is 2.06 bits per heavy atom. The van der Waals surface area contributed by atoms with Crippen LogP contribution in [0, 0.1) is 11.3 Å². The fourth-order valence-electron chi connectivity index (χ4n) is 3.19. The number of benzene rings is 1. The highest BCUT2D eigenvalue weighted by molar-refractivity contribution is 5.83. The van der Waals surface area contributed by atoms with E-state index in [-0.39, 0.29) is 17.3 Å². The van der Waals surface area contributed by atoms with Gasteiger partial charge in [0.25, 0.3) is 0 Å². The van der Waals surface area contributed by atoms with Crippen molar-refractivity contribution in [2.24, 2.45) is 18.4 Å². The summed E-state index contributed by atoms with van der Waals surface area (Å²) in [5.74, 6) is -0.804. The molecule has 1 aromatic heterocycles. The highest BCUT2D eigenvalue weighted by Crippen LogP contribution is 2.64. The van der Waals surface area contributed by atoms with Gasteiger partial charge in [0.05, 0.1) is 5.92 Å². The van der Waals surface area contributed by atoms with E-state index in [1.807, 2.05) is 27.1 Å². The Morgan fingerprint density at radius 1 is 1.33 bits per heavy atom. The summed E-state index contributed by atoms with van der Waals surface area (Å²) in [7, 11) is 2.01. The molecule has 0 aliphatic heterocycles. The van der Waals surface area contributed by atoms with Crippen molar-refractivity contribution in [3.8, 4) is 0 Å². The highest BCUT2D eigenvalue weighted by Gasteiger charge is 2.62. The van der Waals surface area contributed by atoms with E-state index < -0.39 is 5.97 Å². The van der Waals surface area contributed by atoms with E-state index in [1.54, 1.807) is 0 Å². The molecule has 3 heteroatoms. The number of hydrogen-bond acceptors (Lipinski definition) is 1. The first-order chi connectivity index (χ1) is 8.43. The Morgan fingerprint density at radius 3 is 2.67 bits per heavy atom. The highest BCUT2D eigenvalue weighted by atomic mass is 16.4. The molecule has 2 aromatic rings. The van der Waals surface area contributed by atoms with Crippen LogP contribution in [0.1, 0.15) is 25.3 Å². The lowest BCUT2D eigenvalue weighted by Gasteiger charge is -2.04. The zero-order valence-electron chi connectivity index (χ0n) is 10.8. The summed E-state index contributed by atoms with van der Waals surface area (Å²) >= 11 is 0. The SMILES string of the molecule is Cn1ccc2ccc(C3C(C(=O)O)C3(C)C)cc21. The van der Waals surface area contributed by atoms with Crippen LogP contribution < -0.4 is 0 Å². The van der Waals surface area contributed by atoms with Crippen LogP contribution in [-0.2, 0) is 11.8 Å². The summed E-state index contributed by atoms with van der Waals surface area (Å²) in [5, 5.41) is 10.4. The minimum Gasteiger partial charge on any atom is -0.481 e. The van der Waals surface area contributed by atoms with Gasteiger partial charge in [-0.05, 0) is 28.5 Å². The largest absolute Gasteiger partial charge is 0.481 e. The maximum atomic E-state index is 11.2. The molecule has 94 valence electrons. The second kappa shape index (κ2) is 3.37. The van der Waals surface area contributed by atoms with Crippen LogP contribution in [0.3, 0.4) is 0 Å². The van der Waals surface area contributed by atoms with Gasteiger partial charge in [-0.25, -0.2) is 0 Å². The van der Waals surface area contributed by atoms with Gasteiger partial charge >= 0.3 is 5.97 Å². The van der Waals surface area contributed by atoms with Crippen molar-refractivity contribution in [3.63, 3.8) is 0 Å². The first-order valence-electron chi connectivity index (χ1n) is 6.20. The molecule has 0 amide bonds. The average molecular weight is 243 g/mol. The molecule has 0 radical (unpaired) electrons. The summed E-state index contributed by atoms with van der Waals surface area (Å²) in [4.78, 5) is 11.2. The summed E-state index contributed by atoms with van der Waals surface area (Å²) < 4.78 is 2.07. The zero-order chi connectivity index (χ0) is 13.1. The molecule has 2 unspecified atom stereocenters. The molecular weight excluding hydrogens is 226 g/mol.